The highest BCUT2D eigenvalue weighted by Crippen LogP contribution is 2.39. The minimum absolute atomic E-state index is 0.389. The lowest BCUT2D eigenvalue weighted by atomic mass is 9.83. The van der Waals surface area contributed by atoms with Gasteiger partial charge in [0.1, 0.15) is 5.69 Å². The smallest absolute Gasteiger partial charge is 0.159 e. The van der Waals surface area contributed by atoms with E-state index in [0.717, 1.165) is 52.5 Å². The zero-order chi connectivity index (χ0) is 29.6. The van der Waals surface area contributed by atoms with Crippen molar-refractivity contribution in [2.45, 2.75) is 128 Å². The summed E-state index contributed by atoms with van der Waals surface area (Å²) in [6.07, 6.45) is 23.4. The molecule has 0 saturated heterocycles. The van der Waals surface area contributed by atoms with Gasteiger partial charge < -0.3 is 0 Å². The van der Waals surface area contributed by atoms with Crippen LogP contribution in [-0.2, 0) is 0 Å². The second kappa shape index (κ2) is 14.3. The summed E-state index contributed by atoms with van der Waals surface area (Å²) in [7, 11) is 0. The predicted molar refractivity (Wildman–Crippen MR) is 179 cm³/mol. The van der Waals surface area contributed by atoms with Crippen LogP contribution in [0, 0.1) is 0 Å². The first kappa shape index (κ1) is 30.2. The highest BCUT2D eigenvalue weighted by molar-refractivity contribution is 6.31. The van der Waals surface area contributed by atoms with Crippen molar-refractivity contribution in [2.24, 2.45) is 0 Å². The van der Waals surface area contributed by atoms with E-state index in [4.69, 9.17) is 31.5 Å². The van der Waals surface area contributed by atoms with E-state index in [2.05, 4.69) is 44.2 Å². The summed E-state index contributed by atoms with van der Waals surface area (Å²) in [4.78, 5) is 20.9. The molecule has 0 unspecified atom stereocenters. The maximum atomic E-state index is 6.85. The van der Waals surface area contributed by atoms with Gasteiger partial charge in [0.2, 0.25) is 0 Å². The lowest BCUT2D eigenvalue weighted by Crippen LogP contribution is -2.14. The van der Waals surface area contributed by atoms with E-state index in [-0.39, 0.29) is 0 Å². The lowest BCUT2D eigenvalue weighted by Gasteiger charge is -2.25. The van der Waals surface area contributed by atoms with Crippen LogP contribution in [0.2, 0.25) is 5.15 Å². The molecule has 6 rings (SSSR count). The van der Waals surface area contributed by atoms with Crippen molar-refractivity contribution in [3.05, 3.63) is 82.3 Å². The number of rotatable bonds is 7. The van der Waals surface area contributed by atoms with Crippen LogP contribution < -0.4 is 0 Å². The Morgan fingerprint density at radius 1 is 0.698 bits per heavy atom. The highest BCUT2D eigenvalue weighted by Gasteiger charge is 2.26. The zero-order valence-electron chi connectivity index (χ0n) is 26.1. The molecule has 5 heteroatoms. The third kappa shape index (κ3) is 7.11. The maximum Gasteiger partial charge on any atom is 0.159 e. The Hall–Kier alpha value is -2.85. The van der Waals surface area contributed by atoms with Crippen molar-refractivity contribution >= 4 is 22.7 Å². The molecule has 1 aromatic carbocycles. The third-order valence-electron chi connectivity index (χ3n) is 10.0. The minimum Gasteiger partial charge on any atom is -0.243 e. The Kier molecular flexibility index (Phi) is 10.0. The van der Waals surface area contributed by atoms with Crippen molar-refractivity contribution in [1.82, 2.24) is 19.9 Å². The molecule has 3 fully saturated rings. The molecular formula is C38H47ClN4. The van der Waals surface area contributed by atoms with E-state index in [1.807, 2.05) is 18.2 Å². The fraction of sp³-hybridized carbons (Fsp3) is 0.526. The Morgan fingerprint density at radius 3 is 1.77 bits per heavy atom. The van der Waals surface area contributed by atoms with Gasteiger partial charge in [-0.1, -0.05) is 106 Å². The molecule has 0 amide bonds. The molecule has 3 aromatic rings. The molecule has 0 aliphatic heterocycles. The van der Waals surface area contributed by atoms with Crippen LogP contribution in [-0.4, -0.2) is 19.9 Å². The Bertz CT molecular complexity index is 1410. The van der Waals surface area contributed by atoms with E-state index < -0.39 is 0 Å². The first-order valence-corrected chi connectivity index (χ1v) is 17.4. The number of aromatic nitrogens is 4. The molecule has 3 aliphatic carbocycles. The molecule has 0 atom stereocenters. The van der Waals surface area contributed by atoms with Crippen LogP contribution in [0.25, 0.3) is 22.4 Å². The largest absolute Gasteiger partial charge is 0.243 e. The SMILES string of the molecule is C/C=C(\C=C(/C)c1nc(-c2ccccc2)c(Cl)nc1C1CCCCC1)c1nc(C2CCCCC2)cc(C2CCCCC2)n1. The first-order valence-electron chi connectivity index (χ1n) is 17.0. The second-order valence-corrected chi connectivity index (χ2v) is 13.4. The second-order valence-electron chi connectivity index (χ2n) is 13.1. The number of hydrogen-bond donors (Lipinski definition) is 0. The molecule has 43 heavy (non-hydrogen) atoms. The van der Waals surface area contributed by atoms with E-state index in [1.54, 1.807) is 0 Å². The van der Waals surface area contributed by atoms with Gasteiger partial charge in [-0.15, -0.1) is 0 Å². The predicted octanol–water partition coefficient (Wildman–Crippen LogP) is 11.2. The Morgan fingerprint density at radius 2 is 1.23 bits per heavy atom. The molecule has 0 N–H and O–H groups in total. The summed E-state index contributed by atoms with van der Waals surface area (Å²) in [5.74, 6) is 2.36. The van der Waals surface area contributed by atoms with E-state index >= 15 is 0 Å². The normalized spacial score (nSPS) is 20.0. The fourth-order valence-corrected chi connectivity index (χ4v) is 7.81. The first-order chi connectivity index (χ1) is 21.1. The maximum absolute atomic E-state index is 6.85. The zero-order valence-corrected chi connectivity index (χ0v) is 26.9. The van der Waals surface area contributed by atoms with Gasteiger partial charge in [0.25, 0.3) is 0 Å². The molecule has 2 heterocycles. The third-order valence-corrected chi connectivity index (χ3v) is 10.3. The summed E-state index contributed by atoms with van der Waals surface area (Å²) in [6, 6.07) is 12.6. The summed E-state index contributed by atoms with van der Waals surface area (Å²) in [5, 5.41) is 0.496. The molecule has 2 aromatic heterocycles. The quantitative estimate of drug-likeness (QED) is 0.255. The molecule has 3 saturated carbocycles. The molecule has 0 bridgehead atoms. The average molecular weight is 595 g/mol. The van der Waals surface area contributed by atoms with Crippen molar-refractivity contribution in [3.8, 4) is 11.3 Å². The number of allylic oxidation sites excluding steroid dienone is 4. The van der Waals surface area contributed by atoms with Gasteiger partial charge in [-0.3, -0.25) is 0 Å². The van der Waals surface area contributed by atoms with E-state index in [1.165, 1.54) is 94.9 Å². The van der Waals surface area contributed by atoms with Crippen molar-refractivity contribution in [3.63, 3.8) is 0 Å². The molecule has 0 radical (unpaired) electrons. The number of halogens is 1. The van der Waals surface area contributed by atoms with Crippen LogP contribution in [0.1, 0.15) is 157 Å². The molecule has 3 aliphatic rings. The standard InChI is InChI=1S/C38H47ClN4/c1-3-27(38-40-32(28-16-8-4-9-17-28)25-33(41-38)29-18-10-5-11-19-29)24-26(2)34-35(30-20-12-6-13-21-30)43-37(39)36(42-34)31-22-14-7-15-23-31/h3,7,14-15,22-25,28-30H,4-6,8-13,16-21H2,1-2H3/b26-24+,27-3+. The molecule has 4 nitrogen and oxygen atoms in total. The van der Waals surface area contributed by atoms with E-state index in [0.29, 0.717) is 22.9 Å². The summed E-state index contributed by atoms with van der Waals surface area (Å²) in [5.41, 5.74) is 8.45. The van der Waals surface area contributed by atoms with Crippen molar-refractivity contribution in [2.75, 3.05) is 0 Å². The summed E-state index contributed by atoms with van der Waals surface area (Å²) >= 11 is 6.85. The summed E-state index contributed by atoms with van der Waals surface area (Å²) in [6.45, 7) is 4.29. The van der Waals surface area contributed by atoms with Gasteiger partial charge >= 0.3 is 0 Å². The van der Waals surface area contributed by atoms with Crippen LogP contribution >= 0.6 is 11.6 Å². The van der Waals surface area contributed by atoms with Crippen LogP contribution in [0.4, 0.5) is 0 Å². The van der Waals surface area contributed by atoms with Gasteiger partial charge in [-0.25, -0.2) is 19.9 Å². The monoisotopic (exact) mass is 594 g/mol. The van der Waals surface area contributed by atoms with E-state index in [9.17, 15) is 0 Å². The fourth-order valence-electron chi connectivity index (χ4n) is 7.57. The number of hydrogen-bond acceptors (Lipinski definition) is 4. The molecule has 0 spiro atoms. The Balaban J connectivity index is 1.42. The van der Waals surface area contributed by atoms with Gasteiger partial charge in [0, 0.05) is 40.3 Å². The number of benzene rings is 1. The van der Waals surface area contributed by atoms with Gasteiger partial charge in [0.15, 0.2) is 11.0 Å². The van der Waals surface area contributed by atoms with Crippen molar-refractivity contribution < 1.29 is 0 Å². The minimum atomic E-state index is 0.389. The van der Waals surface area contributed by atoms with Crippen LogP contribution in [0.5, 0.6) is 0 Å². The van der Waals surface area contributed by atoms with Crippen LogP contribution in [0.3, 0.4) is 0 Å². The average Bonchev–Trinajstić information content (AvgIpc) is 3.08. The summed E-state index contributed by atoms with van der Waals surface area (Å²) < 4.78 is 0. The molecule has 226 valence electrons. The van der Waals surface area contributed by atoms with Crippen molar-refractivity contribution in [1.29, 1.82) is 0 Å². The van der Waals surface area contributed by atoms with Crippen LogP contribution in [0.15, 0.2) is 48.6 Å². The topological polar surface area (TPSA) is 51.6 Å². The van der Waals surface area contributed by atoms with Gasteiger partial charge in [0.05, 0.1) is 11.4 Å². The Labute approximate surface area is 263 Å². The van der Waals surface area contributed by atoms with Gasteiger partial charge in [-0.2, -0.15) is 0 Å². The highest BCUT2D eigenvalue weighted by atomic mass is 35.5. The molecular weight excluding hydrogens is 548 g/mol. The number of nitrogens with zero attached hydrogens (tertiary/aromatic N) is 4. The van der Waals surface area contributed by atoms with Gasteiger partial charge in [-0.05, 0) is 70.1 Å². The lowest BCUT2D eigenvalue weighted by molar-refractivity contribution is 0.424.